The molecule has 0 aliphatic rings. The lowest BCUT2D eigenvalue weighted by Crippen LogP contribution is -2.21. The average Bonchev–Trinajstić information content (AvgIpc) is 2.87. The highest BCUT2D eigenvalue weighted by atomic mass is 32.1. The van der Waals surface area contributed by atoms with Gasteiger partial charge in [0.25, 0.3) is 0 Å². The summed E-state index contributed by atoms with van der Waals surface area (Å²) in [6, 6.07) is 7.67. The summed E-state index contributed by atoms with van der Waals surface area (Å²) in [5, 5.41) is 5.43. The lowest BCUT2D eigenvalue weighted by atomic mass is 10.0. The Kier molecular flexibility index (Phi) is 4.74. The third-order valence-electron chi connectivity index (χ3n) is 3.33. The highest BCUT2D eigenvalue weighted by Gasteiger charge is 2.14. The molecule has 1 aromatic carbocycles. The van der Waals surface area contributed by atoms with Crippen LogP contribution in [0.15, 0.2) is 29.6 Å². The molecule has 0 saturated heterocycles. The topological polar surface area (TPSA) is 68.0 Å². The molecule has 0 aliphatic carbocycles. The molecule has 1 heterocycles. The molecular formula is C15H19N3OS. The first-order chi connectivity index (χ1) is 9.63. The minimum absolute atomic E-state index is 0.0769. The molecule has 2 rings (SSSR count). The van der Waals surface area contributed by atoms with Crippen molar-refractivity contribution in [2.45, 2.75) is 26.7 Å². The zero-order valence-corrected chi connectivity index (χ0v) is 12.5. The molecule has 0 radical (unpaired) electrons. The molecule has 1 aromatic heterocycles. The van der Waals surface area contributed by atoms with Gasteiger partial charge in [0.05, 0.1) is 5.69 Å². The zero-order valence-electron chi connectivity index (χ0n) is 11.7. The number of hydrogen-bond acceptors (Lipinski definition) is 4. The van der Waals surface area contributed by atoms with Gasteiger partial charge in [-0.1, -0.05) is 26.0 Å². The maximum Gasteiger partial charge on any atom is 0.227 e. The van der Waals surface area contributed by atoms with E-state index in [0.717, 1.165) is 29.8 Å². The second-order valence-corrected chi connectivity index (χ2v) is 5.54. The number of nitrogen functional groups attached to an aromatic ring is 1. The van der Waals surface area contributed by atoms with Crippen LogP contribution >= 0.6 is 11.3 Å². The third-order valence-corrected chi connectivity index (χ3v) is 4.00. The Labute approximate surface area is 123 Å². The van der Waals surface area contributed by atoms with Crippen molar-refractivity contribution in [1.29, 1.82) is 0 Å². The Morgan fingerprint density at radius 2 is 1.95 bits per heavy atom. The number of aromatic nitrogens is 1. The smallest absolute Gasteiger partial charge is 0.227 e. The molecular weight excluding hydrogens is 270 g/mol. The molecule has 0 spiro atoms. The zero-order chi connectivity index (χ0) is 14.5. The van der Waals surface area contributed by atoms with E-state index < -0.39 is 0 Å². The van der Waals surface area contributed by atoms with Gasteiger partial charge in [-0.2, -0.15) is 0 Å². The van der Waals surface area contributed by atoms with E-state index in [0.29, 0.717) is 5.13 Å². The van der Waals surface area contributed by atoms with Crippen LogP contribution in [0.25, 0.3) is 11.3 Å². The first-order valence-corrected chi connectivity index (χ1v) is 7.64. The quantitative estimate of drug-likeness (QED) is 0.880. The molecule has 106 valence electrons. The highest BCUT2D eigenvalue weighted by molar-refractivity contribution is 7.13. The fourth-order valence-electron chi connectivity index (χ4n) is 2.05. The number of nitrogens with two attached hydrogens (primary N) is 1. The summed E-state index contributed by atoms with van der Waals surface area (Å²) in [4.78, 5) is 16.2. The minimum atomic E-state index is 0.0769. The Balaban J connectivity index is 2.07. The summed E-state index contributed by atoms with van der Waals surface area (Å²) in [5.74, 6) is 0.161. The summed E-state index contributed by atoms with van der Waals surface area (Å²) in [7, 11) is 0. The van der Waals surface area contributed by atoms with Crippen LogP contribution < -0.4 is 11.1 Å². The Bertz CT molecular complexity index is 573. The summed E-state index contributed by atoms with van der Waals surface area (Å²) in [5.41, 5.74) is 8.30. The van der Waals surface area contributed by atoms with Crippen molar-refractivity contribution in [2.24, 2.45) is 5.92 Å². The van der Waals surface area contributed by atoms with Crippen LogP contribution in [0.5, 0.6) is 0 Å². The predicted octanol–water partition coefficient (Wildman–Crippen LogP) is 3.77. The van der Waals surface area contributed by atoms with Crippen LogP contribution in [0.1, 0.15) is 26.7 Å². The number of rotatable bonds is 5. The van der Waals surface area contributed by atoms with Gasteiger partial charge in [-0.25, -0.2) is 4.98 Å². The van der Waals surface area contributed by atoms with Gasteiger partial charge >= 0.3 is 0 Å². The molecule has 5 heteroatoms. The molecule has 2 aromatic rings. The molecule has 3 N–H and O–H groups in total. The van der Waals surface area contributed by atoms with Crippen molar-refractivity contribution in [2.75, 3.05) is 11.1 Å². The number of nitrogens with zero attached hydrogens (tertiary/aromatic N) is 1. The van der Waals surface area contributed by atoms with Crippen molar-refractivity contribution >= 4 is 28.1 Å². The lowest BCUT2D eigenvalue weighted by Gasteiger charge is -2.12. The van der Waals surface area contributed by atoms with E-state index in [4.69, 9.17) is 5.73 Å². The van der Waals surface area contributed by atoms with Crippen LogP contribution in [0.3, 0.4) is 0 Å². The van der Waals surface area contributed by atoms with Crippen LogP contribution in [-0.2, 0) is 4.79 Å². The van der Waals surface area contributed by atoms with E-state index in [2.05, 4.69) is 10.3 Å². The molecule has 0 aliphatic heterocycles. The van der Waals surface area contributed by atoms with Gasteiger partial charge in [0.15, 0.2) is 5.13 Å². The van der Waals surface area contributed by atoms with Crippen molar-refractivity contribution in [3.63, 3.8) is 0 Å². The van der Waals surface area contributed by atoms with Crippen LogP contribution in [0, 0.1) is 5.92 Å². The molecule has 0 saturated carbocycles. The van der Waals surface area contributed by atoms with Gasteiger partial charge < -0.3 is 11.1 Å². The van der Waals surface area contributed by atoms with Gasteiger partial charge in [0, 0.05) is 22.5 Å². The SMILES string of the molecule is CCC(CC)C(=O)Nc1ccc(-c2csc(N)n2)cc1. The summed E-state index contributed by atoms with van der Waals surface area (Å²) in [6.45, 7) is 4.06. The maximum atomic E-state index is 12.0. The lowest BCUT2D eigenvalue weighted by molar-refractivity contribution is -0.120. The van der Waals surface area contributed by atoms with Crippen LogP contribution in [0.4, 0.5) is 10.8 Å². The average molecular weight is 289 g/mol. The Hall–Kier alpha value is -1.88. The predicted molar refractivity (Wildman–Crippen MR) is 84.7 cm³/mol. The first kappa shape index (κ1) is 14.5. The number of carbonyl (C=O) groups is 1. The van der Waals surface area contributed by atoms with Gasteiger partial charge in [-0.15, -0.1) is 11.3 Å². The minimum Gasteiger partial charge on any atom is -0.375 e. The molecule has 4 nitrogen and oxygen atoms in total. The van der Waals surface area contributed by atoms with E-state index in [1.807, 2.05) is 43.5 Å². The fourth-order valence-corrected chi connectivity index (χ4v) is 2.62. The molecule has 0 fully saturated rings. The third kappa shape index (κ3) is 3.36. The second kappa shape index (κ2) is 6.52. The van der Waals surface area contributed by atoms with Crippen LogP contribution in [-0.4, -0.2) is 10.9 Å². The van der Waals surface area contributed by atoms with Crippen molar-refractivity contribution in [3.8, 4) is 11.3 Å². The highest BCUT2D eigenvalue weighted by Crippen LogP contribution is 2.24. The largest absolute Gasteiger partial charge is 0.375 e. The Morgan fingerprint density at radius 3 is 2.45 bits per heavy atom. The number of thiazole rings is 1. The first-order valence-electron chi connectivity index (χ1n) is 6.76. The van der Waals surface area contributed by atoms with Crippen molar-refractivity contribution < 1.29 is 4.79 Å². The number of hydrogen-bond donors (Lipinski definition) is 2. The number of amides is 1. The summed E-state index contributed by atoms with van der Waals surface area (Å²) in [6.07, 6.45) is 1.72. The Morgan fingerprint density at radius 1 is 1.30 bits per heavy atom. The van der Waals surface area contributed by atoms with E-state index in [1.165, 1.54) is 11.3 Å². The number of anilines is 2. The van der Waals surface area contributed by atoms with Gasteiger partial charge in [0.2, 0.25) is 5.91 Å². The van der Waals surface area contributed by atoms with Gasteiger partial charge in [-0.05, 0) is 25.0 Å². The fraction of sp³-hybridized carbons (Fsp3) is 0.333. The van der Waals surface area contributed by atoms with Gasteiger partial charge in [-0.3, -0.25) is 4.79 Å². The maximum absolute atomic E-state index is 12.0. The van der Waals surface area contributed by atoms with Crippen LogP contribution in [0.2, 0.25) is 0 Å². The van der Waals surface area contributed by atoms with E-state index in [9.17, 15) is 4.79 Å². The van der Waals surface area contributed by atoms with E-state index in [-0.39, 0.29) is 11.8 Å². The summed E-state index contributed by atoms with van der Waals surface area (Å²) < 4.78 is 0. The standard InChI is InChI=1S/C15H19N3OS/c1-3-10(4-2)14(19)17-12-7-5-11(6-8-12)13-9-20-15(16)18-13/h5-10H,3-4H2,1-2H3,(H2,16,18)(H,17,19). The van der Waals surface area contributed by atoms with E-state index in [1.54, 1.807) is 0 Å². The van der Waals surface area contributed by atoms with Crippen molar-refractivity contribution in [3.05, 3.63) is 29.6 Å². The van der Waals surface area contributed by atoms with Gasteiger partial charge in [0.1, 0.15) is 0 Å². The monoisotopic (exact) mass is 289 g/mol. The number of nitrogens with one attached hydrogen (secondary N) is 1. The van der Waals surface area contributed by atoms with Crippen molar-refractivity contribution in [1.82, 2.24) is 4.98 Å². The number of carbonyl (C=O) groups excluding carboxylic acids is 1. The second-order valence-electron chi connectivity index (χ2n) is 4.65. The van der Waals surface area contributed by atoms with E-state index >= 15 is 0 Å². The molecule has 20 heavy (non-hydrogen) atoms. The molecule has 0 atom stereocenters. The summed E-state index contributed by atoms with van der Waals surface area (Å²) >= 11 is 1.42. The number of benzene rings is 1. The molecule has 0 unspecified atom stereocenters. The molecule has 1 amide bonds. The molecule has 0 bridgehead atoms. The normalized spacial score (nSPS) is 10.8.